The normalized spacial score (nSPS) is 21.9. The number of benzene rings is 1. The maximum atomic E-state index is 13.3. The molecule has 1 saturated carbocycles. The Hall–Kier alpha value is -1.20. The zero-order valence-corrected chi connectivity index (χ0v) is 13.6. The fourth-order valence-electron chi connectivity index (χ4n) is 3.03. The van der Waals surface area contributed by atoms with Crippen molar-refractivity contribution < 1.29 is 13.6 Å². The molecule has 1 aliphatic carbocycles. The fraction of sp³-hybridized carbons (Fsp3) is 0.562. The molecule has 122 valence electrons. The average Bonchev–Trinajstić information content (AvgIpc) is 2.44. The Balaban J connectivity index is 2.11. The van der Waals surface area contributed by atoms with E-state index in [9.17, 15) is 13.6 Å². The predicted molar refractivity (Wildman–Crippen MR) is 83.1 cm³/mol. The first-order valence-corrected chi connectivity index (χ1v) is 7.86. The highest BCUT2D eigenvalue weighted by Crippen LogP contribution is 2.26. The van der Waals surface area contributed by atoms with E-state index in [1.54, 1.807) is 0 Å². The molecule has 0 aliphatic heterocycles. The maximum absolute atomic E-state index is 13.3. The van der Waals surface area contributed by atoms with Crippen molar-refractivity contribution in [3.05, 3.63) is 34.4 Å². The van der Waals surface area contributed by atoms with E-state index in [2.05, 4.69) is 10.2 Å². The Kier molecular flexibility index (Phi) is 5.75. The van der Waals surface area contributed by atoms with Crippen LogP contribution < -0.4 is 5.32 Å². The van der Waals surface area contributed by atoms with Gasteiger partial charge in [-0.05, 0) is 45.0 Å². The minimum Gasteiger partial charge on any atom is -0.349 e. The quantitative estimate of drug-likeness (QED) is 0.857. The number of halogens is 3. The monoisotopic (exact) mass is 330 g/mol. The van der Waals surface area contributed by atoms with Crippen LogP contribution in [0, 0.1) is 17.6 Å². The SMILES string of the molecule is CN(C)CC1CCCCC1NC(=O)c1cc(F)c(F)cc1Cl. The van der Waals surface area contributed by atoms with Crippen LogP contribution in [0.1, 0.15) is 36.0 Å². The van der Waals surface area contributed by atoms with E-state index in [1.165, 1.54) is 0 Å². The van der Waals surface area contributed by atoms with Crippen LogP contribution in [0.3, 0.4) is 0 Å². The van der Waals surface area contributed by atoms with E-state index < -0.39 is 17.5 Å². The molecule has 1 fully saturated rings. The summed E-state index contributed by atoms with van der Waals surface area (Å²) in [6.07, 6.45) is 4.15. The van der Waals surface area contributed by atoms with Crippen molar-refractivity contribution in [3.63, 3.8) is 0 Å². The molecular weight excluding hydrogens is 310 g/mol. The number of hydrogen-bond acceptors (Lipinski definition) is 2. The number of amides is 1. The summed E-state index contributed by atoms with van der Waals surface area (Å²) in [5.74, 6) is -2.20. The lowest BCUT2D eigenvalue weighted by Gasteiger charge is -2.34. The number of carbonyl (C=O) groups is 1. The molecule has 22 heavy (non-hydrogen) atoms. The van der Waals surface area contributed by atoms with Gasteiger partial charge in [-0.25, -0.2) is 8.78 Å². The second-order valence-electron chi connectivity index (χ2n) is 6.13. The van der Waals surface area contributed by atoms with E-state index in [0.29, 0.717) is 5.92 Å². The lowest BCUT2D eigenvalue weighted by atomic mass is 9.84. The van der Waals surface area contributed by atoms with Crippen molar-refractivity contribution in [2.75, 3.05) is 20.6 Å². The van der Waals surface area contributed by atoms with Crippen LogP contribution in [0.15, 0.2) is 12.1 Å². The molecule has 1 aromatic carbocycles. The summed E-state index contributed by atoms with van der Waals surface area (Å²) in [7, 11) is 4.00. The topological polar surface area (TPSA) is 32.3 Å². The molecular formula is C16H21ClF2N2O. The summed E-state index contributed by atoms with van der Waals surface area (Å²) in [6, 6.07) is 1.73. The first kappa shape index (κ1) is 17.2. The van der Waals surface area contributed by atoms with Gasteiger partial charge in [-0.2, -0.15) is 0 Å². The van der Waals surface area contributed by atoms with Crippen molar-refractivity contribution in [1.29, 1.82) is 0 Å². The standard InChI is InChI=1S/C16H21ClF2N2O/c1-21(2)9-10-5-3-4-6-15(10)20-16(22)11-7-13(18)14(19)8-12(11)17/h7-8,10,15H,3-6,9H2,1-2H3,(H,20,22). The molecule has 3 nitrogen and oxygen atoms in total. The number of rotatable bonds is 4. The van der Waals surface area contributed by atoms with Crippen LogP contribution in [-0.4, -0.2) is 37.5 Å². The average molecular weight is 331 g/mol. The molecule has 0 saturated heterocycles. The minimum absolute atomic E-state index is 0.0188. The van der Waals surface area contributed by atoms with Crippen LogP contribution in [-0.2, 0) is 0 Å². The van der Waals surface area contributed by atoms with Crippen LogP contribution in [0.25, 0.3) is 0 Å². The molecule has 2 atom stereocenters. The third-order valence-electron chi connectivity index (χ3n) is 4.08. The highest BCUT2D eigenvalue weighted by atomic mass is 35.5. The van der Waals surface area contributed by atoms with E-state index in [1.807, 2.05) is 14.1 Å². The van der Waals surface area contributed by atoms with Gasteiger partial charge < -0.3 is 10.2 Å². The predicted octanol–water partition coefficient (Wildman–Crippen LogP) is 3.47. The van der Waals surface area contributed by atoms with E-state index >= 15 is 0 Å². The van der Waals surface area contributed by atoms with Crippen LogP contribution in [0.5, 0.6) is 0 Å². The zero-order valence-electron chi connectivity index (χ0n) is 12.8. The van der Waals surface area contributed by atoms with E-state index in [4.69, 9.17) is 11.6 Å². The van der Waals surface area contributed by atoms with Crippen LogP contribution >= 0.6 is 11.6 Å². The Labute approximate surface area is 134 Å². The Morgan fingerprint density at radius 2 is 1.91 bits per heavy atom. The number of nitrogens with one attached hydrogen (secondary N) is 1. The molecule has 1 aliphatic rings. The summed E-state index contributed by atoms with van der Waals surface area (Å²) >= 11 is 5.86. The van der Waals surface area contributed by atoms with Gasteiger partial charge in [-0.1, -0.05) is 24.4 Å². The number of nitrogens with zero attached hydrogens (tertiary/aromatic N) is 1. The van der Waals surface area contributed by atoms with Crippen molar-refractivity contribution in [1.82, 2.24) is 10.2 Å². The van der Waals surface area contributed by atoms with Gasteiger partial charge in [0.2, 0.25) is 0 Å². The molecule has 1 N–H and O–H groups in total. The van der Waals surface area contributed by atoms with Gasteiger partial charge in [0, 0.05) is 12.6 Å². The van der Waals surface area contributed by atoms with Gasteiger partial charge in [0.25, 0.3) is 5.91 Å². The number of carbonyl (C=O) groups excluding carboxylic acids is 1. The summed E-state index contributed by atoms with van der Waals surface area (Å²) < 4.78 is 26.4. The Bertz CT molecular complexity index is 551. The van der Waals surface area contributed by atoms with Crippen molar-refractivity contribution >= 4 is 17.5 Å². The molecule has 0 bridgehead atoms. The molecule has 0 radical (unpaired) electrons. The summed E-state index contributed by atoms with van der Waals surface area (Å²) in [5.41, 5.74) is -0.0188. The largest absolute Gasteiger partial charge is 0.349 e. The van der Waals surface area contributed by atoms with Crippen LogP contribution in [0.2, 0.25) is 5.02 Å². The van der Waals surface area contributed by atoms with Crippen molar-refractivity contribution in [3.8, 4) is 0 Å². The molecule has 1 amide bonds. The molecule has 6 heteroatoms. The van der Waals surface area contributed by atoms with E-state index in [0.717, 1.165) is 44.4 Å². The summed E-state index contributed by atoms with van der Waals surface area (Å²) in [6.45, 7) is 0.885. The fourth-order valence-corrected chi connectivity index (χ4v) is 3.26. The highest BCUT2D eigenvalue weighted by Gasteiger charge is 2.28. The molecule has 1 aromatic rings. The van der Waals surface area contributed by atoms with Gasteiger partial charge in [-0.3, -0.25) is 4.79 Å². The third-order valence-corrected chi connectivity index (χ3v) is 4.39. The van der Waals surface area contributed by atoms with Crippen molar-refractivity contribution in [2.45, 2.75) is 31.7 Å². The zero-order chi connectivity index (χ0) is 16.3. The first-order valence-electron chi connectivity index (χ1n) is 7.48. The molecule has 0 spiro atoms. The molecule has 2 rings (SSSR count). The van der Waals surface area contributed by atoms with Gasteiger partial charge >= 0.3 is 0 Å². The lowest BCUT2D eigenvalue weighted by Crippen LogP contribution is -2.45. The summed E-state index contributed by atoms with van der Waals surface area (Å²) in [4.78, 5) is 14.4. The first-order chi connectivity index (χ1) is 10.4. The second kappa shape index (κ2) is 7.38. The molecule has 0 heterocycles. The Morgan fingerprint density at radius 1 is 1.27 bits per heavy atom. The van der Waals surface area contributed by atoms with Gasteiger partial charge in [-0.15, -0.1) is 0 Å². The number of hydrogen-bond donors (Lipinski definition) is 1. The van der Waals surface area contributed by atoms with Gasteiger partial charge in [0.1, 0.15) is 0 Å². The summed E-state index contributed by atoms with van der Waals surface area (Å²) in [5, 5.41) is 2.87. The molecule has 2 unspecified atom stereocenters. The minimum atomic E-state index is -1.07. The van der Waals surface area contributed by atoms with Crippen molar-refractivity contribution in [2.24, 2.45) is 5.92 Å². The second-order valence-corrected chi connectivity index (χ2v) is 6.54. The van der Waals surface area contributed by atoms with Gasteiger partial charge in [0.15, 0.2) is 11.6 Å². The lowest BCUT2D eigenvalue weighted by molar-refractivity contribution is 0.0895. The highest BCUT2D eigenvalue weighted by molar-refractivity contribution is 6.33. The third kappa shape index (κ3) is 4.17. The maximum Gasteiger partial charge on any atom is 0.253 e. The van der Waals surface area contributed by atoms with Crippen LogP contribution in [0.4, 0.5) is 8.78 Å². The molecule has 0 aromatic heterocycles. The van der Waals surface area contributed by atoms with Gasteiger partial charge in [0.05, 0.1) is 10.6 Å². The Morgan fingerprint density at radius 3 is 2.59 bits per heavy atom. The van der Waals surface area contributed by atoms with E-state index in [-0.39, 0.29) is 16.6 Å². The smallest absolute Gasteiger partial charge is 0.253 e.